The lowest BCUT2D eigenvalue weighted by Crippen LogP contribution is -2.67. The summed E-state index contributed by atoms with van der Waals surface area (Å²) in [4.78, 5) is 26.3. The van der Waals surface area contributed by atoms with Gasteiger partial charge < -0.3 is 66.2 Å². The second kappa shape index (κ2) is 11.9. The number of hydrogen-bond donors (Lipinski definition) is 12. The van der Waals surface area contributed by atoms with E-state index in [1.54, 1.807) is 0 Å². The Morgan fingerprint density at radius 1 is 0.952 bits per heavy atom. The summed E-state index contributed by atoms with van der Waals surface area (Å²) in [6, 6.07) is 4.29. The maximum Gasteiger partial charge on any atom is 0.193 e. The second-order valence-corrected chi connectivity index (χ2v) is 10.1. The largest absolute Gasteiger partial charge is 0.508 e. The highest BCUT2D eigenvalue weighted by Gasteiger charge is 2.60. The first kappa shape index (κ1) is 31.3. The van der Waals surface area contributed by atoms with Gasteiger partial charge in [-0.15, -0.1) is 0 Å². The van der Waals surface area contributed by atoms with Crippen molar-refractivity contribution in [1.82, 2.24) is 5.32 Å². The van der Waals surface area contributed by atoms with Crippen molar-refractivity contribution >= 4 is 17.6 Å². The molecule has 1 aromatic rings. The number of benzene rings is 1. The number of ketones is 2. The van der Waals surface area contributed by atoms with Crippen molar-refractivity contribution in [2.45, 2.75) is 54.4 Å². The third-order valence-corrected chi connectivity index (χ3v) is 7.48. The Kier molecular flexibility index (Phi) is 8.89. The van der Waals surface area contributed by atoms with Gasteiger partial charge in [-0.2, -0.15) is 0 Å². The molecule has 1 aromatic carbocycles. The highest BCUT2D eigenvalue weighted by molar-refractivity contribution is 6.29. The molecule has 9 atom stereocenters. The first-order valence-corrected chi connectivity index (χ1v) is 12.7. The van der Waals surface area contributed by atoms with Gasteiger partial charge in [0.25, 0.3) is 0 Å². The Bertz CT molecular complexity index is 1350. The molecule has 3 aliphatic rings. The summed E-state index contributed by atoms with van der Waals surface area (Å²) in [5.41, 5.74) is -5.47. The molecule has 0 bridgehead atoms. The van der Waals surface area contributed by atoms with E-state index < -0.39 is 108 Å². The highest BCUT2D eigenvalue weighted by Crippen LogP contribution is 2.44. The fourth-order valence-electron chi connectivity index (χ4n) is 5.08. The number of hydrogen-bond acceptors (Lipinski definition) is 15. The van der Waals surface area contributed by atoms with E-state index >= 15 is 0 Å². The van der Waals surface area contributed by atoms with Crippen LogP contribution in [0.2, 0.25) is 0 Å². The third kappa shape index (κ3) is 5.22. The summed E-state index contributed by atoms with van der Waals surface area (Å²) in [5.74, 6) is -5.07. The summed E-state index contributed by atoms with van der Waals surface area (Å²) >= 11 is 0. The van der Waals surface area contributed by atoms with Gasteiger partial charge in [-0.1, -0.05) is 18.2 Å². The zero-order valence-electron chi connectivity index (χ0n) is 21.7. The van der Waals surface area contributed by atoms with E-state index in [1.807, 2.05) is 0 Å². The van der Waals surface area contributed by atoms with Gasteiger partial charge >= 0.3 is 0 Å². The zero-order valence-corrected chi connectivity index (χ0v) is 21.7. The number of phenolic OH excluding ortho intramolecular Hbond substituents is 1. The van der Waals surface area contributed by atoms with E-state index in [-0.39, 0.29) is 5.75 Å². The van der Waals surface area contributed by atoms with Crippen molar-refractivity contribution in [3.63, 3.8) is 0 Å². The summed E-state index contributed by atoms with van der Waals surface area (Å²) in [7, 11) is 0. The lowest BCUT2D eigenvalue weighted by Gasteiger charge is -2.48. The fraction of sp³-hybridized carbons (Fsp3) is 0.407. The molecular weight excluding hydrogens is 562 g/mol. The van der Waals surface area contributed by atoms with E-state index in [0.29, 0.717) is 11.6 Å². The van der Waals surface area contributed by atoms with E-state index in [0.717, 1.165) is 6.08 Å². The number of carbonyl (C=O) groups is 2. The van der Waals surface area contributed by atoms with Crippen LogP contribution in [0.15, 0.2) is 64.8 Å². The minimum Gasteiger partial charge on any atom is -0.508 e. The number of allylic oxidation sites excluding steroid dienone is 3. The maximum atomic E-state index is 13.2. The molecule has 0 saturated carbocycles. The molecular formula is C27H31NO14. The number of phenols is 1. The quantitative estimate of drug-likeness (QED) is 0.0824. The molecule has 6 unspecified atom stereocenters. The number of aliphatic hydroxyl groups is 10. The van der Waals surface area contributed by atoms with Crippen molar-refractivity contribution in [3.8, 4) is 5.75 Å². The van der Waals surface area contributed by atoms with Crippen molar-refractivity contribution < 1.29 is 70.5 Å². The Morgan fingerprint density at radius 3 is 2.17 bits per heavy atom. The summed E-state index contributed by atoms with van der Waals surface area (Å²) in [6.07, 6.45) is -11.2. The fourth-order valence-corrected chi connectivity index (χ4v) is 5.08. The number of ether oxygens (including phenoxy) is 1. The number of aromatic hydroxyl groups is 1. The topological polar surface area (TPSA) is 278 Å². The van der Waals surface area contributed by atoms with E-state index in [9.17, 15) is 65.8 Å². The van der Waals surface area contributed by atoms with E-state index in [4.69, 9.17) is 4.74 Å². The maximum absolute atomic E-state index is 13.2. The van der Waals surface area contributed by atoms with Crippen LogP contribution in [-0.4, -0.2) is 135 Å². The molecule has 42 heavy (non-hydrogen) atoms. The lowest BCUT2D eigenvalue weighted by atomic mass is 9.72. The monoisotopic (exact) mass is 593 g/mol. The van der Waals surface area contributed by atoms with Gasteiger partial charge in [0.1, 0.15) is 65.6 Å². The minimum atomic E-state index is -3.25. The number of aliphatic hydroxyl groups excluding tert-OH is 9. The Labute approximate surface area is 237 Å². The molecule has 0 amide bonds. The van der Waals surface area contributed by atoms with Gasteiger partial charge in [-0.3, -0.25) is 9.59 Å². The molecule has 2 heterocycles. The van der Waals surface area contributed by atoms with Crippen LogP contribution in [0.25, 0.3) is 6.08 Å². The molecule has 12 N–H and O–H groups in total. The standard InChI is InChI=1S/C27H31NO14/c29-8-13-20(35)22(37)18(28-13)19(34)12-7-15(33)17(14(32)6-3-10-1-4-11(31)5-2-10)25(40)27(12,41)26-24(39)23(38)21(36)16(9-30)42-26/h1-7,13,16,20-24,26,28-31,34-41H,8-9H2/b6-3?,19-18-/t13?,16?,20?,21-,22?,23+,24?,26-,27?/m1/s1. The smallest absolute Gasteiger partial charge is 0.193 e. The van der Waals surface area contributed by atoms with Gasteiger partial charge in [0.05, 0.1) is 25.0 Å². The number of carbonyl (C=O) groups excluding carboxylic acids is 2. The molecule has 1 aliphatic carbocycles. The Hall–Kier alpha value is -3.64. The third-order valence-electron chi connectivity index (χ3n) is 7.48. The van der Waals surface area contributed by atoms with Gasteiger partial charge in [0.15, 0.2) is 17.2 Å². The molecule has 0 radical (unpaired) electrons. The van der Waals surface area contributed by atoms with Crippen LogP contribution in [0.1, 0.15) is 5.56 Å². The minimum absolute atomic E-state index is 0.0582. The number of nitrogens with one attached hydrogen (secondary N) is 1. The first-order valence-electron chi connectivity index (χ1n) is 12.7. The molecule has 15 nitrogen and oxygen atoms in total. The summed E-state index contributed by atoms with van der Waals surface area (Å²) in [6.45, 7) is -1.68. The van der Waals surface area contributed by atoms with Crippen molar-refractivity contribution in [1.29, 1.82) is 0 Å². The molecule has 15 heteroatoms. The highest BCUT2D eigenvalue weighted by atomic mass is 16.6. The molecule has 4 rings (SSSR count). The normalized spacial score (nSPS) is 36.7. The van der Waals surface area contributed by atoms with Crippen molar-refractivity contribution in [3.05, 3.63) is 70.3 Å². The average molecular weight is 594 g/mol. The number of rotatable bonds is 7. The molecule has 2 saturated heterocycles. The SMILES string of the molecule is O=C(C=Cc1ccc(O)cc1)C1=C(O)C(O)([C@@H]2OC(CO)[C@@H](O)[C@H](O)C2O)C(/C(O)=C2/NC(CO)C(O)C2O)=CC1=O. The van der Waals surface area contributed by atoms with E-state index in [1.165, 1.54) is 30.3 Å². The van der Waals surface area contributed by atoms with Crippen molar-refractivity contribution in [2.24, 2.45) is 0 Å². The molecule has 0 spiro atoms. The predicted octanol–water partition coefficient (Wildman–Crippen LogP) is -3.68. The van der Waals surface area contributed by atoms with Gasteiger partial charge in [0, 0.05) is 5.57 Å². The van der Waals surface area contributed by atoms with Crippen LogP contribution in [0, 0.1) is 0 Å². The second-order valence-electron chi connectivity index (χ2n) is 10.1. The first-order chi connectivity index (χ1) is 19.8. The predicted molar refractivity (Wildman–Crippen MR) is 139 cm³/mol. The van der Waals surface area contributed by atoms with E-state index in [2.05, 4.69) is 5.32 Å². The Morgan fingerprint density at radius 2 is 1.60 bits per heavy atom. The average Bonchev–Trinajstić information content (AvgIpc) is 3.26. The van der Waals surface area contributed by atoms with Gasteiger partial charge in [-0.05, 0) is 29.8 Å². The summed E-state index contributed by atoms with van der Waals surface area (Å²) < 4.78 is 5.42. The lowest BCUT2D eigenvalue weighted by molar-refractivity contribution is -0.261. The zero-order chi connectivity index (χ0) is 31.1. The van der Waals surface area contributed by atoms with Crippen LogP contribution in [0.4, 0.5) is 0 Å². The van der Waals surface area contributed by atoms with Crippen LogP contribution >= 0.6 is 0 Å². The van der Waals surface area contributed by atoms with Crippen LogP contribution in [-0.2, 0) is 14.3 Å². The molecule has 228 valence electrons. The Balaban J connectivity index is 1.87. The molecule has 2 aliphatic heterocycles. The molecule has 0 aromatic heterocycles. The van der Waals surface area contributed by atoms with Gasteiger partial charge in [0.2, 0.25) is 0 Å². The van der Waals surface area contributed by atoms with Crippen molar-refractivity contribution in [2.75, 3.05) is 13.2 Å². The van der Waals surface area contributed by atoms with Crippen LogP contribution in [0.5, 0.6) is 5.75 Å². The summed E-state index contributed by atoms with van der Waals surface area (Å²) in [5, 5.41) is 117. The van der Waals surface area contributed by atoms with Crippen LogP contribution in [0.3, 0.4) is 0 Å². The van der Waals surface area contributed by atoms with Crippen LogP contribution < -0.4 is 5.32 Å². The van der Waals surface area contributed by atoms with Gasteiger partial charge in [-0.25, -0.2) is 0 Å². The molecule has 2 fully saturated rings.